The highest BCUT2D eigenvalue weighted by Gasteiger charge is 2.32. The molecule has 16 heavy (non-hydrogen) atoms. The molecule has 1 N–H and O–H groups in total. The molecule has 2 rings (SSSR count). The van der Waals surface area contributed by atoms with Crippen LogP contribution < -0.4 is 0 Å². The van der Waals surface area contributed by atoms with Gasteiger partial charge in [-0.05, 0) is 25.7 Å². The molecular weight excluding hydrogens is 202 g/mol. The van der Waals surface area contributed by atoms with Gasteiger partial charge < -0.3 is 14.7 Å². The Morgan fingerprint density at radius 3 is 2.38 bits per heavy atom. The largest absolute Gasteiger partial charge is 0.389 e. The van der Waals surface area contributed by atoms with Crippen molar-refractivity contribution in [1.82, 2.24) is 4.90 Å². The molecule has 0 amide bonds. The van der Waals surface area contributed by atoms with Crippen LogP contribution in [-0.4, -0.2) is 48.5 Å². The number of hydrogen-bond acceptors (Lipinski definition) is 3. The van der Waals surface area contributed by atoms with E-state index in [-0.39, 0.29) is 0 Å². The zero-order valence-electron chi connectivity index (χ0n) is 10.5. The van der Waals surface area contributed by atoms with Crippen molar-refractivity contribution in [2.24, 2.45) is 0 Å². The van der Waals surface area contributed by atoms with Crippen molar-refractivity contribution in [3.8, 4) is 0 Å². The maximum absolute atomic E-state index is 10.5. The van der Waals surface area contributed by atoms with Crippen LogP contribution in [-0.2, 0) is 4.74 Å². The van der Waals surface area contributed by atoms with Gasteiger partial charge in [0.2, 0.25) is 0 Å². The van der Waals surface area contributed by atoms with Crippen molar-refractivity contribution >= 4 is 0 Å². The lowest BCUT2D eigenvalue weighted by Crippen LogP contribution is -2.48. The lowest BCUT2D eigenvalue weighted by Gasteiger charge is -2.39. The van der Waals surface area contributed by atoms with Crippen molar-refractivity contribution in [2.75, 3.05) is 26.7 Å². The van der Waals surface area contributed by atoms with Gasteiger partial charge in [0, 0.05) is 26.7 Å². The van der Waals surface area contributed by atoms with Crippen molar-refractivity contribution in [3.05, 3.63) is 0 Å². The second-order valence-corrected chi connectivity index (χ2v) is 5.50. The number of aliphatic hydroxyl groups is 1. The van der Waals surface area contributed by atoms with Crippen LogP contribution in [0.25, 0.3) is 0 Å². The monoisotopic (exact) mass is 227 g/mol. The molecule has 0 bridgehead atoms. The van der Waals surface area contributed by atoms with E-state index in [2.05, 4.69) is 4.90 Å². The van der Waals surface area contributed by atoms with Crippen LogP contribution >= 0.6 is 0 Å². The van der Waals surface area contributed by atoms with Crippen molar-refractivity contribution < 1.29 is 9.84 Å². The molecule has 0 aromatic heterocycles. The van der Waals surface area contributed by atoms with Crippen LogP contribution in [0.5, 0.6) is 0 Å². The summed E-state index contributed by atoms with van der Waals surface area (Å²) >= 11 is 0. The van der Waals surface area contributed by atoms with Crippen LogP contribution in [0.15, 0.2) is 0 Å². The maximum atomic E-state index is 10.5. The normalized spacial score (nSPS) is 28.1. The standard InChI is InChI=1S/C13H25NO2/c1-16-12-5-9-14(10-6-12)11-13(15)7-3-2-4-8-13/h12,15H,2-11H2,1H3. The van der Waals surface area contributed by atoms with Crippen molar-refractivity contribution in [3.63, 3.8) is 0 Å². The van der Waals surface area contributed by atoms with Gasteiger partial charge in [-0.2, -0.15) is 0 Å². The van der Waals surface area contributed by atoms with Gasteiger partial charge in [0.15, 0.2) is 0 Å². The van der Waals surface area contributed by atoms with Crippen LogP contribution in [0.2, 0.25) is 0 Å². The topological polar surface area (TPSA) is 32.7 Å². The van der Waals surface area contributed by atoms with E-state index in [9.17, 15) is 5.11 Å². The summed E-state index contributed by atoms with van der Waals surface area (Å²) in [6.45, 7) is 3.05. The molecule has 1 saturated carbocycles. The molecule has 1 saturated heterocycles. The summed E-state index contributed by atoms with van der Waals surface area (Å²) in [6.07, 6.45) is 8.37. The van der Waals surface area contributed by atoms with Gasteiger partial charge in [0.25, 0.3) is 0 Å². The van der Waals surface area contributed by atoms with Crippen LogP contribution in [0.1, 0.15) is 44.9 Å². The number of ether oxygens (including phenoxy) is 1. The Labute approximate surface area is 98.8 Å². The number of nitrogens with zero attached hydrogens (tertiary/aromatic N) is 1. The first-order valence-corrected chi connectivity index (χ1v) is 6.69. The smallest absolute Gasteiger partial charge is 0.0774 e. The summed E-state index contributed by atoms with van der Waals surface area (Å²) in [5, 5.41) is 10.5. The Morgan fingerprint density at radius 1 is 1.19 bits per heavy atom. The number of piperidine rings is 1. The van der Waals surface area contributed by atoms with Crippen LogP contribution in [0.4, 0.5) is 0 Å². The first-order valence-electron chi connectivity index (χ1n) is 6.69. The molecule has 2 aliphatic rings. The summed E-state index contributed by atoms with van der Waals surface area (Å²) in [6, 6.07) is 0. The highest BCUT2D eigenvalue weighted by atomic mass is 16.5. The van der Waals surface area contributed by atoms with E-state index in [1.54, 1.807) is 7.11 Å². The minimum Gasteiger partial charge on any atom is -0.389 e. The predicted octanol–water partition coefficient (Wildman–Crippen LogP) is 1.79. The van der Waals surface area contributed by atoms with E-state index >= 15 is 0 Å². The third-order valence-electron chi connectivity index (χ3n) is 4.17. The van der Waals surface area contributed by atoms with Crippen molar-refractivity contribution in [2.45, 2.75) is 56.7 Å². The van der Waals surface area contributed by atoms with E-state index in [0.29, 0.717) is 6.10 Å². The van der Waals surface area contributed by atoms with Gasteiger partial charge in [-0.15, -0.1) is 0 Å². The summed E-state index contributed by atoms with van der Waals surface area (Å²) in [7, 11) is 1.80. The Kier molecular flexibility index (Phi) is 4.22. The van der Waals surface area contributed by atoms with Gasteiger partial charge in [0.1, 0.15) is 0 Å². The third-order valence-corrected chi connectivity index (χ3v) is 4.17. The molecule has 0 atom stereocenters. The highest BCUT2D eigenvalue weighted by molar-refractivity contribution is 4.87. The van der Waals surface area contributed by atoms with Crippen LogP contribution in [0.3, 0.4) is 0 Å². The van der Waals surface area contributed by atoms with Gasteiger partial charge in [-0.1, -0.05) is 19.3 Å². The third kappa shape index (κ3) is 3.19. The zero-order chi connectivity index (χ0) is 11.4. The molecule has 0 aromatic rings. The minimum absolute atomic E-state index is 0.391. The first-order chi connectivity index (χ1) is 7.72. The van der Waals surface area contributed by atoms with E-state index in [4.69, 9.17) is 4.74 Å². The Balaban J connectivity index is 1.77. The fourth-order valence-electron chi connectivity index (χ4n) is 3.09. The van der Waals surface area contributed by atoms with Gasteiger partial charge >= 0.3 is 0 Å². The molecule has 0 aromatic carbocycles. The Hall–Kier alpha value is -0.120. The number of rotatable bonds is 3. The molecule has 0 spiro atoms. The average Bonchev–Trinajstić information content (AvgIpc) is 2.30. The van der Waals surface area contributed by atoms with E-state index in [1.165, 1.54) is 19.3 Å². The summed E-state index contributed by atoms with van der Waals surface area (Å²) in [5.74, 6) is 0. The lowest BCUT2D eigenvalue weighted by atomic mass is 9.84. The number of β-amino-alcohol motifs (C(OH)–C–C–N with tert-alkyl or cyclic N) is 1. The highest BCUT2D eigenvalue weighted by Crippen LogP contribution is 2.29. The molecule has 0 radical (unpaired) electrons. The average molecular weight is 227 g/mol. The van der Waals surface area contributed by atoms with Gasteiger partial charge in [-0.25, -0.2) is 0 Å². The van der Waals surface area contributed by atoms with Crippen LogP contribution in [0, 0.1) is 0 Å². The minimum atomic E-state index is -0.391. The summed E-state index contributed by atoms with van der Waals surface area (Å²) in [5.41, 5.74) is -0.391. The number of likely N-dealkylation sites (tertiary alicyclic amines) is 1. The zero-order valence-corrected chi connectivity index (χ0v) is 10.5. The molecule has 3 nitrogen and oxygen atoms in total. The molecule has 3 heteroatoms. The van der Waals surface area contributed by atoms with E-state index < -0.39 is 5.60 Å². The number of methoxy groups -OCH3 is 1. The Morgan fingerprint density at radius 2 is 1.81 bits per heavy atom. The van der Waals surface area contributed by atoms with Gasteiger partial charge in [0.05, 0.1) is 11.7 Å². The fraction of sp³-hybridized carbons (Fsp3) is 1.00. The second kappa shape index (κ2) is 5.48. The maximum Gasteiger partial charge on any atom is 0.0774 e. The first kappa shape index (κ1) is 12.3. The summed E-state index contributed by atoms with van der Waals surface area (Å²) < 4.78 is 5.37. The number of hydrogen-bond donors (Lipinski definition) is 1. The molecule has 0 unspecified atom stereocenters. The van der Waals surface area contributed by atoms with Gasteiger partial charge in [-0.3, -0.25) is 0 Å². The molecular formula is C13H25NO2. The second-order valence-electron chi connectivity index (χ2n) is 5.50. The SMILES string of the molecule is COC1CCN(CC2(O)CCCCC2)CC1. The van der Waals surface area contributed by atoms with Crippen molar-refractivity contribution in [1.29, 1.82) is 0 Å². The molecule has 1 aliphatic carbocycles. The Bertz CT molecular complexity index is 206. The molecule has 1 heterocycles. The fourth-order valence-corrected chi connectivity index (χ4v) is 3.09. The summed E-state index contributed by atoms with van der Waals surface area (Å²) in [4.78, 5) is 2.42. The van der Waals surface area contributed by atoms with E-state index in [1.807, 2.05) is 0 Å². The quantitative estimate of drug-likeness (QED) is 0.798. The molecule has 94 valence electrons. The molecule has 1 aliphatic heterocycles. The van der Waals surface area contributed by atoms with E-state index in [0.717, 1.165) is 45.3 Å². The lowest BCUT2D eigenvalue weighted by molar-refractivity contribution is -0.0425. The molecule has 2 fully saturated rings. The predicted molar refractivity (Wildman–Crippen MR) is 64.5 cm³/mol.